The molecule has 3 unspecified atom stereocenters. The third-order valence-corrected chi connectivity index (χ3v) is 3.83. The van der Waals surface area contributed by atoms with Gasteiger partial charge in [-0.25, -0.2) is 0 Å². The number of benzene rings is 1. The highest BCUT2D eigenvalue weighted by Crippen LogP contribution is 2.28. The summed E-state index contributed by atoms with van der Waals surface area (Å²) in [6, 6.07) is 8.90. The van der Waals surface area contributed by atoms with Gasteiger partial charge in [0.05, 0.1) is 0 Å². The summed E-state index contributed by atoms with van der Waals surface area (Å²) in [6.45, 7) is 7.62. The lowest BCUT2D eigenvalue weighted by atomic mass is 9.85. The zero-order chi connectivity index (χ0) is 13.0. The number of nitrogens with one attached hydrogen (secondary N) is 1. The van der Waals surface area contributed by atoms with Gasteiger partial charge in [0.25, 0.3) is 0 Å². The Morgan fingerprint density at radius 2 is 1.94 bits per heavy atom. The Hall–Kier alpha value is -1.02. The van der Waals surface area contributed by atoms with Crippen LogP contribution in [0.15, 0.2) is 24.3 Å². The predicted molar refractivity (Wildman–Crippen MR) is 76.1 cm³/mol. The van der Waals surface area contributed by atoms with Crippen LogP contribution in [0.3, 0.4) is 0 Å². The van der Waals surface area contributed by atoms with Gasteiger partial charge < -0.3 is 10.1 Å². The van der Waals surface area contributed by atoms with Crippen molar-refractivity contribution in [2.75, 3.05) is 6.54 Å². The fraction of sp³-hybridized carbons (Fsp3) is 0.625. The van der Waals surface area contributed by atoms with Crippen molar-refractivity contribution >= 4 is 0 Å². The minimum absolute atomic E-state index is 0.316. The highest BCUT2D eigenvalue weighted by atomic mass is 16.5. The summed E-state index contributed by atoms with van der Waals surface area (Å²) in [6.07, 6.45) is 4.01. The summed E-state index contributed by atoms with van der Waals surface area (Å²) in [7, 11) is 0. The first kappa shape index (κ1) is 13.4. The maximum atomic E-state index is 6.18. The van der Waals surface area contributed by atoms with Crippen molar-refractivity contribution in [3.63, 3.8) is 0 Å². The molecule has 1 aliphatic rings. The van der Waals surface area contributed by atoms with Gasteiger partial charge in [-0.15, -0.1) is 0 Å². The van der Waals surface area contributed by atoms with Crippen LogP contribution < -0.4 is 10.1 Å². The average molecular weight is 247 g/mol. The predicted octanol–water partition coefficient (Wildman–Crippen LogP) is 3.54. The highest BCUT2D eigenvalue weighted by molar-refractivity contribution is 5.26. The van der Waals surface area contributed by atoms with Crippen LogP contribution in [0.1, 0.15) is 38.7 Å². The van der Waals surface area contributed by atoms with E-state index in [2.05, 4.69) is 50.4 Å². The third-order valence-electron chi connectivity index (χ3n) is 3.83. The first-order valence-electron chi connectivity index (χ1n) is 7.15. The topological polar surface area (TPSA) is 21.3 Å². The van der Waals surface area contributed by atoms with Crippen molar-refractivity contribution in [3.05, 3.63) is 29.8 Å². The third kappa shape index (κ3) is 3.49. The van der Waals surface area contributed by atoms with Crippen LogP contribution >= 0.6 is 0 Å². The SMILES string of the molecule is CCNC1CCC(C)CC1Oc1ccc(C)cc1. The minimum atomic E-state index is 0.316. The Morgan fingerprint density at radius 1 is 1.22 bits per heavy atom. The summed E-state index contributed by atoms with van der Waals surface area (Å²) in [5.74, 6) is 1.78. The second-order valence-corrected chi connectivity index (χ2v) is 5.55. The van der Waals surface area contributed by atoms with Crippen LogP contribution in [0, 0.1) is 12.8 Å². The van der Waals surface area contributed by atoms with Gasteiger partial charge in [0.1, 0.15) is 11.9 Å². The quantitative estimate of drug-likeness (QED) is 0.878. The van der Waals surface area contributed by atoms with Crippen molar-refractivity contribution in [2.45, 2.75) is 52.2 Å². The highest BCUT2D eigenvalue weighted by Gasteiger charge is 2.29. The Balaban J connectivity index is 2.01. The molecule has 0 aliphatic heterocycles. The number of ether oxygens (including phenoxy) is 1. The van der Waals surface area contributed by atoms with Gasteiger partial charge in [-0.2, -0.15) is 0 Å². The van der Waals surface area contributed by atoms with Crippen LogP contribution in [0.4, 0.5) is 0 Å². The van der Waals surface area contributed by atoms with E-state index in [0.717, 1.165) is 24.6 Å². The van der Waals surface area contributed by atoms with Gasteiger partial charge in [0.2, 0.25) is 0 Å². The number of rotatable bonds is 4. The van der Waals surface area contributed by atoms with Crippen molar-refractivity contribution in [3.8, 4) is 5.75 Å². The lowest BCUT2D eigenvalue weighted by molar-refractivity contribution is 0.0916. The van der Waals surface area contributed by atoms with Crippen molar-refractivity contribution in [1.29, 1.82) is 0 Å². The largest absolute Gasteiger partial charge is 0.489 e. The molecule has 1 aromatic rings. The van der Waals surface area contributed by atoms with E-state index in [0.29, 0.717) is 12.1 Å². The molecule has 1 fully saturated rings. The number of hydrogen-bond donors (Lipinski definition) is 1. The van der Waals surface area contributed by atoms with Gasteiger partial charge in [-0.1, -0.05) is 31.5 Å². The molecule has 0 heterocycles. The Labute approximate surface area is 111 Å². The lowest BCUT2D eigenvalue weighted by Crippen LogP contribution is -2.46. The Kier molecular flexibility index (Phi) is 4.65. The summed E-state index contributed by atoms with van der Waals surface area (Å²) in [4.78, 5) is 0. The molecule has 2 heteroatoms. The molecule has 1 aliphatic carbocycles. The fourth-order valence-electron chi connectivity index (χ4n) is 2.75. The fourth-order valence-corrected chi connectivity index (χ4v) is 2.75. The molecule has 3 atom stereocenters. The normalized spacial score (nSPS) is 28.1. The molecule has 0 radical (unpaired) electrons. The van der Waals surface area contributed by atoms with E-state index in [1.807, 2.05) is 0 Å². The molecule has 0 bridgehead atoms. The average Bonchev–Trinajstić information content (AvgIpc) is 2.36. The van der Waals surface area contributed by atoms with E-state index in [9.17, 15) is 0 Å². The van der Waals surface area contributed by atoms with E-state index in [1.54, 1.807) is 0 Å². The molecule has 18 heavy (non-hydrogen) atoms. The number of likely N-dealkylation sites (N-methyl/N-ethyl adjacent to an activating group) is 1. The maximum Gasteiger partial charge on any atom is 0.119 e. The monoisotopic (exact) mass is 247 g/mol. The molecular formula is C16H25NO. The summed E-state index contributed by atoms with van der Waals surface area (Å²) in [5.41, 5.74) is 1.28. The zero-order valence-electron chi connectivity index (χ0n) is 11.8. The first-order chi connectivity index (χ1) is 8.69. The summed E-state index contributed by atoms with van der Waals surface area (Å²) >= 11 is 0. The number of hydrogen-bond acceptors (Lipinski definition) is 2. The second-order valence-electron chi connectivity index (χ2n) is 5.55. The smallest absolute Gasteiger partial charge is 0.119 e. The molecule has 1 saturated carbocycles. The number of aryl methyl sites for hydroxylation is 1. The van der Waals surface area contributed by atoms with E-state index < -0.39 is 0 Å². The van der Waals surface area contributed by atoms with E-state index >= 15 is 0 Å². The van der Waals surface area contributed by atoms with E-state index in [4.69, 9.17) is 4.74 Å². The van der Waals surface area contributed by atoms with Crippen molar-refractivity contribution in [1.82, 2.24) is 5.32 Å². The van der Waals surface area contributed by atoms with Gasteiger partial charge in [0, 0.05) is 6.04 Å². The van der Waals surface area contributed by atoms with Gasteiger partial charge in [-0.05, 0) is 50.8 Å². The van der Waals surface area contributed by atoms with Crippen LogP contribution in [-0.4, -0.2) is 18.7 Å². The molecule has 2 rings (SSSR count). The second kappa shape index (κ2) is 6.24. The van der Waals surface area contributed by atoms with Crippen molar-refractivity contribution < 1.29 is 4.74 Å². The lowest BCUT2D eigenvalue weighted by Gasteiger charge is -2.35. The van der Waals surface area contributed by atoms with Gasteiger partial charge in [0.15, 0.2) is 0 Å². The molecule has 0 spiro atoms. The van der Waals surface area contributed by atoms with Crippen LogP contribution in [0.25, 0.3) is 0 Å². The molecule has 0 aromatic heterocycles. The molecule has 100 valence electrons. The molecule has 0 saturated heterocycles. The van der Waals surface area contributed by atoms with Crippen LogP contribution in [0.2, 0.25) is 0 Å². The maximum absolute atomic E-state index is 6.18. The standard InChI is InChI=1S/C16H25NO/c1-4-17-15-10-7-13(3)11-16(15)18-14-8-5-12(2)6-9-14/h5-6,8-9,13,15-17H,4,7,10-11H2,1-3H3. The van der Waals surface area contributed by atoms with E-state index in [1.165, 1.54) is 18.4 Å². The molecule has 1 N–H and O–H groups in total. The minimum Gasteiger partial charge on any atom is -0.489 e. The Morgan fingerprint density at radius 3 is 2.61 bits per heavy atom. The van der Waals surface area contributed by atoms with Crippen LogP contribution in [-0.2, 0) is 0 Å². The van der Waals surface area contributed by atoms with Crippen molar-refractivity contribution in [2.24, 2.45) is 5.92 Å². The summed E-state index contributed by atoms with van der Waals surface area (Å²) in [5, 5.41) is 3.56. The molecule has 0 amide bonds. The summed E-state index contributed by atoms with van der Waals surface area (Å²) < 4.78 is 6.18. The van der Waals surface area contributed by atoms with E-state index in [-0.39, 0.29) is 0 Å². The zero-order valence-corrected chi connectivity index (χ0v) is 11.8. The Bertz CT molecular complexity index is 360. The van der Waals surface area contributed by atoms with Gasteiger partial charge in [-0.3, -0.25) is 0 Å². The first-order valence-corrected chi connectivity index (χ1v) is 7.15. The van der Waals surface area contributed by atoms with Crippen LogP contribution in [0.5, 0.6) is 5.75 Å². The molecular weight excluding hydrogens is 222 g/mol. The molecule has 2 nitrogen and oxygen atoms in total. The molecule has 1 aromatic carbocycles. The van der Waals surface area contributed by atoms with Gasteiger partial charge >= 0.3 is 0 Å².